The van der Waals surface area contributed by atoms with E-state index >= 15 is 0 Å². The molecule has 2 aliphatic rings. The normalized spacial score (nSPS) is 23.6. The van der Waals surface area contributed by atoms with Gasteiger partial charge in [-0.1, -0.05) is 66.2 Å². The number of carboxylic acids is 1. The van der Waals surface area contributed by atoms with Crippen molar-refractivity contribution >= 4 is 11.9 Å². The minimum Gasteiger partial charge on any atom is -0.481 e. The van der Waals surface area contributed by atoms with E-state index in [0.29, 0.717) is 13.0 Å². The van der Waals surface area contributed by atoms with Crippen LogP contribution < -0.4 is 0 Å². The molecule has 2 fully saturated rings. The van der Waals surface area contributed by atoms with Crippen LogP contribution in [-0.2, 0) is 14.3 Å². The summed E-state index contributed by atoms with van der Waals surface area (Å²) in [5, 5.41) is 10.8. The molecule has 2 rings (SSSR count). The highest BCUT2D eigenvalue weighted by molar-refractivity contribution is 5.88. The lowest BCUT2D eigenvalue weighted by molar-refractivity contribution is -0.196. The molecule has 0 bridgehead atoms. The summed E-state index contributed by atoms with van der Waals surface area (Å²) in [5.74, 6) is -0.427. The van der Waals surface area contributed by atoms with Gasteiger partial charge in [0.2, 0.25) is 0 Å². The highest BCUT2D eigenvalue weighted by Crippen LogP contribution is 2.60. The maximum absolute atomic E-state index is 13.8. The van der Waals surface area contributed by atoms with E-state index in [1.54, 1.807) is 0 Å². The minimum atomic E-state index is -1.04. The predicted molar refractivity (Wildman–Crippen MR) is 117 cm³/mol. The molecule has 2 aliphatic carbocycles. The molecule has 168 valence electrons. The van der Waals surface area contributed by atoms with E-state index in [2.05, 4.69) is 13.8 Å². The van der Waals surface area contributed by atoms with Crippen molar-refractivity contribution in [2.75, 3.05) is 6.61 Å². The molecular weight excluding hydrogens is 364 g/mol. The van der Waals surface area contributed by atoms with E-state index in [1.807, 2.05) is 20.8 Å². The van der Waals surface area contributed by atoms with Crippen LogP contribution in [0.15, 0.2) is 0 Å². The highest BCUT2D eigenvalue weighted by atomic mass is 16.5. The molecule has 2 unspecified atom stereocenters. The number of esters is 1. The van der Waals surface area contributed by atoms with Gasteiger partial charge >= 0.3 is 11.9 Å². The van der Waals surface area contributed by atoms with Crippen LogP contribution in [0.3, 0.4) is 0 Å². The predicted octanol–water partition coefficient (Wildman–Crippen LogP) is 6.47. The van der Waals surface area contributed by atoms with Crippen LogP contribution >= 0.6 is 0 Å². The van der Waals surface area contributed by atoms with Gasteiger partial charge in [0.15, 0.2) is 0 Å². The summed E-state index contributed by atoms with van der Waals surface area (Å²) in [6, 6.07) is 0. The number of carbonyl (C=O) groups excluding carboxylic acids is 1. The van der Waals surface area contributed by atoms with Gasteiger partial charge in [-0.15, -0.1) is 0 Å². The van der Waals surface area contributed by atoms with Crippen molar-refractivity contribution in [2.24, 2.45) is 34.5 Å². The van der Waals surface area contributed by atoms with Crippen molar-refractivity contribution < 1.29 is 19.4 Å². The summed E-state index contributed by atoms with van der Waals surface area (Å²) >= 11 is 0. The zero-order valence-corrected chi connectivity index (χ0v) is 19.5. The van der Waals surface area contributed by atoms with E-state index in [-0.39, 0.29) is 29.6 Å². The summed E-state index contributed by atoms with van der Waals surface area (Å²) in [6.45, 7) is 10.6. The molecule has 0 heterocycles. The van der Waals surface area contributed by atoms with E-state index in [0.717, 1.165) is 51.4 Å². The fraction of sp³-hybridized carbons (Fsp3) is 0.920. The van der Waals surface area contributed by atoms with Gasteiger partial charge in [-0.2, -0.15) is 0 Å². The largest absolute Gasteiger partial charge is 0.481 e. The molecule has 0 aliphatic heterocycles. The lowest BCUT2D eigenvalue weighted by atomic mass is 9.47. The first-order valence-corrected chi connectivity index (χ1v) is 12.1. The molecule has 0 aromatic carbocycles. The maximum atomic E-state index is 13.8. The Morgan fingerprint density at radius 2 is 1.34 bits per heavy atom. The topological polar surface area (TPSA) is 63.6 Å². The second-order valence-electron chi connectivity index (χ2n) is 10.7. The van der Waals surface area contributed by atoms with Crippen LogP contribution in [0.25, 0.3) is 0 Å². The van der Waals surface area contributed by atoms with Gasteiger partial charge < -0.3 is 9.84 Å². The number of carbonyl (C=O) groups is 2. The molecule has 2 atom stereocenters. The first-order valence-electron chi connectivity index (χ1n) is 12.1. The SMILES string of the molecule is CC(C)COC(=O)C(C)(C1CCCCC1)C(CC(C)C)(C(=O)O)C1CCCCC1. The number of hydrogen-bond acceptors (Lipinski definition) is 3. The highest BCUT2D eigenvalue weighted by Gasteiger charge is 2.65. The Bertz CT molecular complexity index is 543. The first kappa shape index (κ1) is 24.2. The Hall–Kier alpha value is -1.06. The van der Waals surface area contributed by atoms with Crippen LogP contribution in [0, 0.1) is 34.5 Å². The summed E-state index contributed by atoms with van der Waals surface area (Å²) in [5.41, 5.74) is -2.02. The zero-order valence-electron chi connectivity index (χ0n) is 19.5. The average Bonchev–Trinajstić information content (AvgIpc) is 2.70. The maximum Gasteiger partial charge on any atom is 0.313 e. The number of hydrogen-bond donors (Lipinski definition) is 1. The summed E-state index contributed by atoms with van der Waals surface area (Å²) in [4.78, 5) is 26.9. The zero-order chi connectivity index (χ0) is 21.7. The van der Waals surface area contributed by atoms with Crippen LogP contribution in [0.4, 0.5) is 0 Å². The van der Waals surface area contributed by atoms with Crippen molar-refractivity contribution in [1.29, 1.82) is 0 Å². The third-order valence-electron chi connectivity index (χ3n) is 7.73. The lowest BCUT2D eigenvalue weighted by Crippen LogP contribution is -2.60. The van der Waals surface area contributed by atoms with Gasteiger partial charge in [-0.3, -0.25) is 9.59 Å². The Balaban J connectivity index is 2.59. The Labute approximate surface area is 178 Å². The van der Waals surface area contributed by atoms with Crippen molar-refractivity contribution in [1.82, 2.24) is 0 Å². The van der Waals surface area contributed by atoms with Crippen LogP contribution in [0.1, 0.15) is 105 Å². The van der Waals surface area contributed by atoms with Crippen molar-refractivity contribution in [3.05, 3.63) is 0 Å². The van der Waals surface area contributed by atoms with E-state index < -0.39 is 16.8 Å². The molecule has 0 saturated heterocycles. The van der Waals surface area contributed by atoms with E-state index in [9.17, 15) is 14.7 Å². The Kier molecular flexibility index (Phi) is 8.60. The number of ether oxygens (including phenoxy) is 1. The molecule has 0 aromatic rings. The van der Waals surface area contributed by atoms with Gasteiger partial charge in [0.25, 0.3) is 0 Å². The average molecular weight is 409 g/mol. The smallest absolute Gasteiger partial charge is 0.313 e. The van der Waals surface area contributed by atoms with Crippen LogP contribution in [0.5, 0.6) is 0 Å². The van der Waals surface area contributed by atoms with E-state index in [4.69, 9.17) is 4.74 Å². The van der Waals surface area contributed by atoms with Gasteiger partial charge in [-0.25, -0.2) is 0 Å². The van der Waals surface area contributed by atoms with Crippen LogP contribution in [-0.4, -0.2) is 23.7 Å². The van der Waals surface area contributed by atoms with Crippen molar-refractivity contribution in [3.63, 3.8) is 0 Å². The molecule has 1 N–H and O–H groups in total. The quantitative estimate of drug-likeness (QED) is 0.444. The van der Waals surface area contributed by atoms with Gasteiger partial charge in [0.1, 0.15) is 0 Å². The molecule has 29 heavy (non-hydrogen) atoms. The number of carboxylic acid groups (broad SMARTS) is 1. The van der Waals surface area contributed by atoms with Gasteiger partial charge in [0.05, 0.1) is 17.4 Å². The van der Waals surface area contributed by atoms with Gasteiger partial charge in [0, 0.05) is 0 Å². The molecular formula is C25H44O4. The third-order valence-corrected chi connectivity index (χ3v) is 7.73. The first-order chi connectivity index (χ1) is 13.7. The lowest BCUT2D eigenvalue weighted by Gasteiger charge is -2.54. The molecule has 0 radical (unpaired) electrons. The molecule has 2 saturated carbocycles. The summed E-state index contributed by atoms with van der Waals surface area (Å²) in [6.07, 6.45) is 10.9. The molecule has 0 aromatic heterocycles. The fourth-order valence-electron chi connectivity index (χ4n) is 6.31. The van der Waals surface area contributed by atoms with Crippen molar-refractivity contribution in [2.45, 2.75) is 105 Å². The molecule has 0 amide bonds. The summed E-state index contributed by atoms with van der Waals surface area (Å²) in [7, 11) is 0. The van der Waals surface area contributed by atoms with Crippen molar-refractivity contribution in [3.8, 4) is 0 Å². The standard InChI is InChI=1S/C25H44O4/c1-18(2)16-25(22(26)27,21-14-10-7-11-15-21)24(5,20-12-8-6-9-13-20)23(28)29-17-19(3)4/h18-21H,6-17H2,1-5H3,(H,26,27). The Morgan fingerprint density at radius 1 is 0.862 bits per heavy atom. The molecule has 0 spiro atoms. The monoisotopic (exact) mass is 408 g/mol. The van der Waals surface area contributed by atoms with E-state index in [1.165, 1.54) is 12.8 Å². The Morgan fingerprint density at radius 3 is 1.76 bits per heavy atom. The fourth-order valence-corrected chi connectivity index (χ4v) is 6.31. The molecule has 4 heteroatoms. The summed E-state index contributed by atoms with van der Waals surface area (Å²) < 4.78 is 5.85. The number of rotatable bonds is 9. The second kappa shape index (κ2) is 10.3. The second-order valence-corrected chi connectivity index (χ2v) is 10.7. The minimum absolute atomic E-state index is 0.0506. The van der Waals surface area contributed by atoms with Crippen LogP contribution in [0.2, 0.25) is 0 Å². The van der Waals surface area contributed by atoms with Gasteiger partial charge in [-0.05, 0) is 62.7 Å². The molecule has 4 nitrogen and oxygen atoms in total. The third kappa shape index (κ3) is 4.99. The number of aliphatic carboxylic acids is 1.